The van der Waals surface area contributed by atoms with Gasteiger partial charge in [-0.05, 0) is 54.6 Å². The normalized spacial score (nSPS) is 20.3. The molecule has 1 heterocycles. The third-order valence-corrected chi connectivity index (χ3v) is 7.67. The van der Waals surface area contributed by atoms with Crippen molar-refractivity contribution >= 4 is 22.5 Å². The highest BCUT2D eigenvalue weighted by molar-refractivity contribution is 7.98. The predicted molar refractivity (Wildman–Crippen MR) is 88.5 cm³/mol. The molecule has 3 heteroatoms. The van der Waals surface area contributed by atoms with E-state index in [0.717, 1.165) is 29.5 Å². The van der Waals surface area contributed by atoms with Crippen molar-refractivity contribution < 1.29 is 9.59 Å². The van der Waals surface area contributed by atoms with Crippen molar-refractivity contribution in [3.8, 4) is 0 Å². The van der Waals surface area contributed by atoms with Crippen molar-refractivity contribution in [3.63, 3.8) is 0 Å². The standard InChI is InChI=1S/C18H23O2S/c1-2-17(21-10-4-3-5-11-21)18(20)14-7-6-13-8-9-16(19)15(13)12-14/h6-7,12,17H,2-5,8-11H2,1H3/q+1. The lowest BCUT2D eigenvalue weighted by Gasteiger charge is -2.20. The molecule has 1 aliphatic heterocycles. The van der Waals surface area contributed by atoms with Gasteiger partial charge >= 0.3 is 0 Å². The topological polar surface area (TPSA) is 34.1 Å². The van der Waals surface area contributed by atoms with E-state index in [9.17, 15) is 9.59 Å². The van der Waals surface area contributed by atoms with Gasteiger partial charge in [0.15, 0.2) is 11.0 Å². The molecule has 0 bridgehead atoms. The highest BCUT2D eigenvalue weighted by Crippen LogP contribution is 2.27. The van der Waals surface area contributed by atoms with E-state index < -0.39 is 0 Å². The van der Waals surface area contributed by atoms with Crippen molar-refractivity contribution in [2.45, 2.75) is 50.7 Å². The number of fused-ring (bicyclic) bond motifs is 1. The fourth-order valence-corrected chi connectivity index (χ4v) is 6.32. The van der Waals surface area contributed by atoms with Crippen LogP contribution in [0.5, 0.6) is 0 Å². The molecular weight excluding hydrogens is 280 g/mol. The van der Waals surface area contributed by atoms with Crippen LogP contribution in [0, 0.1) is 0 Å². The van der Waals surface area contributed by atoms with Gasteiger partial charge in [0.2, 0.25) is 5.78 Å². The summed E-state index contributed by atoms with van der Waals surface area (Å²) in [4.78, 5) is 24.7. The van der Waals surface area contributed by atoms with E-state index in [1.807, 2.05) is 18.2 Å². The predicted octanol–water partition coefficient (Wildman–Crippen LogP) is 3.58. The zero-order valence-corrected chi connectivity index (χ0v) is 13.5. The van der Waals surface area contributed by atoms with Crippen LogP contribution in [-0.2, 0) is 17.3 Å². The zero-order valence-electron chi connectivity index (χ0n) is 12.7. The molecule has 1 saturated heterocycles. The van der Waals surface area contributed by atoms with Crippen LogP contribution in [0.1, 0.15) is 65.3 Å². The zero-order chi connectivity index (χ0) is 14.8. The quantitative estimate of drug-likeness (QED) is 0.629. The summed E-state index contributed by atoms with van der Waals surface area (Å²) >= 11 is 0. The van der Waals surface area contributed by atoms with E-state index in [2.05, 4.69) is 6.92 Å². The monoisotopic (exact) mass is 303 g/mol. The summed E-state index contributed by atoms with van der Waals surface area (Å²) in [5.41, 5.74) is 2.67. The van der Waals surface area contributed by atoms with Gasteiger partial charge in [-0.25, -0.2) is 0 Å². The molecule has 112 valence electrons. The average molecular weight is 303 g/mol. The van der Waals surface area contributed by atoms with Crippen LogP contribution in [0.4, 0.5) is 0 Å². The van der Waals surface area contributed by atoms with Gasteiger partial charge in [0.25, 0.3) is 0 Å². The highest BCUT2D eigenvalue weighted by Gasteiger charge is 2.37. The first-order chi connectivity index (χ1) is 10.2. The Morgan fingerprint density at radius 3 is 2.67 bits per heavy atom. The first-order valence-corrected chi connectivity index (χ1v) is 9.70. The minimum atomic E-state index is 0.167. The Morgan fingerprint density at radius 2 is 1.95 bits per heavy atom. The van der Waals surface area contributed by atoms with E-state index in [1.165, 1.54) is 30.8 Å². The van der Waals surface area contributed by atoms with Crippen molar-refractivity contribution in [3.05, 3.63) is 34.9 Å². The van der Waals surface area contributed by atoms with Gasteiger partial charge in [0.1, 0.15) is 11.5 Å². The molecule has 21 heavy (non-hydrogen) atoms. The summed E-state index contributed by atoms with van der Waals surface area (Å²) in [6.07, 6.45) is 6.23. The third-order valence-electron chi connectivity index (χ3n) is 4.69. The maximum absolute atomic E-state index is 12.9. The summed E-state index contributed by atoms with van der Waals surface area (Å²) in [5, 5.41) is 0.167. The minimum Gasteiger partial charge on any atom is -0.294 e. The average Bonchev–Trinajstić information content (AvgIpc) is 2.90. The molecule has 0 aromatic heterocycles. The maximum atomic E-state index is 12.9. The molecule has 3 rings (SSSR count). The summed E-state index contributed by atoms with van der Waals surface area (Å²) in [5.74, 6) is 2.90. The number of carbonyl (C=O) groups excluding carboxylic acids is 2. The molecule has 0 saturated carbocycles. The highest BCUT2D eigenvalue weighted by atomic mass is 32.2. The molecule has 1 fully saturated rings. The molecule has 2 aliphatic rings. The summed E-state index contributed by atoms with van der Waals surface area (Å²) in [7, 11) is 0.245. The van der Waals surface area contributed by atoms with Crippen LogP contribution in [0.25, 0.3) is 0 Å². The van der Waals surface area contributed by atoms with Crippen LogP contribution >= 0.6 is 0 Å². The lowest BCUT2D eigenvalue weighted by molar-refractivity contribution is 0.0986. The van der Waals surface area contributed by atoms with Gasteiger partial charge in [-0.1, -0.05) is 19.1 Å². The van der Waals surface area contributed by atoms with Gasteiger partial charge in [0, 0.05) is 17.5 Å². The Labute approximate surface area is 129 Å². The Bertz CT molecular complexity index is 558. The van der Waals surface area contributed by atoms with Gasteiger partial charge in [-0.2, -0.15) is 0 Å². The van der Waals surface area contributed by atoms with Crippen molar-refractivity contribution in [2.75, 3.05) is 11.5 Å². The molecule has 1 aromatic rings. The molecule has 0 spiro atoms. The number of rotatable bonds is 4. The Morgan fingerprint density at radius 1 is 1.19 bits per heavy atom. The molecule has 0 radical (unpaired) electrons. The number of carbonyl (C=O) groups is 2. The summed E-state index contributed by atoms with van der Waals surface area (Å²) in [6.45, 7) is 2.13. The number of ketones is 2. The Kier molecular flexibility index (Phi) is 4.48. The van der Waals surface area contributed by atoms with Gasteiger partial charge in [0.05, 0.1) is 0 Å². The largest absolute Gasteiger partial charge is 0.294 e. The van der Waals surface area contributed by atoms with E-state index >= 15 is 0 Å². The molecule has 2 nitrogen and oxygen atoms in total. The fraction of sp³-hybridized carbons (Fsp3) is 0.556. The first-order valence-electron chi connectivity index (χ1n) is 8.07. The molecule has 1 atom stereocenters. The molecule has 0 amide bonds. The Hall–Kier alpha value is -1.09. The number of aryl methyl sites for hydroxylation is 1. The molecular formula is C18H23O2S+. The van der Waals surface area contributed by atoms with Gasteiger partial charge in [-0.15, -0.1) is 0 Å². The fourth-order valence-electron chi connectivity index (χ4n) is 3.49. The van der Waals surface area contributed by atoms with Crippen molar-refractivity contribution in [2.24, 2.45) is 0 Å². The molecule has 0 N–H and O–H groups in total. The maximum Gasteiger partial charge on any atom is 0.214 e. The van der Waals surface area contributed by atoms with Crippen LogP contribution in [0.15, 0.2) is 18.2 Å². The lowest BCUT2D eigenvalue weighted by atomic mass is 10.0. The van der Waals surface area contributed by atoms with Gasteiger partial charge < -0.3 is 0 Å². The van der Waals surface area contributed by atoms with E-state index in [4.69, 9.17) is 0 Å². The smallest absolute Gasteiger partial charge is 0.214 e. The van der Waals surface area contributed by atoms with E-state index in [0.29, 0.717) is 6.42 Å². The van der Waals surface area contributed by atoms with Gasteiger partial charge in [-0.3, -0.25) is 9.59 Å². The second kappa shape index (κ2) is 6.35. The molecule has 1 aliphatic carbocycles. The summed E-state index contributed by atoms with van der Waals surface area (Å²) < 4.78 is 0. The SMILES string of the molecule is CCC(C(=O)c1ccc2c(c1)C(=O)CC2)[S+]1CCCCC1. The Balaban J connectivity index is 1.83. The van der Waals surface area contributed by atoms with Crippen molar-refractivity contribution in [1.82, 2.24) is 0 Å². The second-order valence-corrected chi connectivity index (χ2v) is 8.52. The van der Waals surface area contributed by atoms with Crippen LogP contribution in [-0.4, -0.2) is 28.3 Å². The molecule has 1 aromatic carbocycles. The van der Waals surface area contributed by atoms with E-state index in [1.54, 1.807) is 0 Å². The van der Waals surface area contributed by atoms with Crippen LogP contribution in [0.2, 0.25) is 0 Å². The van der Waals surface area contributed by atoms with Crippen LogP contribution < -0.4 is 0 Å². The van der Waals surface area contributed by atoms with E-state index in [-0.39, 0.29) is 27.7 Å². The number of benzene rings is 1. The second-order valence-electron chi connectivity index (χ2n) is 6.06. The number of Topliss-reactive ketones (excluding diaryl/α,β-unsaturated/α-hetero) is 2. The van der Waals surface area contributed by atoms with Crippen molar-refractivity contribution in [1.29, 1.82) is 0 Å². The summed E-state index contributed by atoms with van der Waals surface area (Å²) in [6, 6.07) is 5.79. The first kappa shape index (κ1) is 14.8. The number of hydrogen-bond acceptors (Lipinski definition) is 2. The number of hydrogen-bond donors (Lipinski definition) is 0. The van der Waals surface area contributed by atoms with Crippen LogP contribution in [0.3, 0.4) is 0 Å². The third kappa shape index (κ3) is 2.94. The minimum absolute atomic E-state index is 0.167. The lowest BCUT2D eigenvalue weighted by Crippen LogP contribution is -2.36. The molecule has 1 unspecified atom stereocenters.